The zero-order chi connectivity index (χ0) is 21.4. The first-order valence-electron chi connectivity index (χ1n) is 10.1. The lowest BCUT2D eigenvalue weighted by Gasteiger charge is -2.36. The Labute approximate surface area is 184 Å². The molecule has 0 amide bonds. The molecule has 0 unspecified atom stereocenters. The summed E-state index contributed by atoms with van der Waals surface area (Å²) in [7, 11) is 1.51. The first-order valence-corrected chi connectivity index (χ1v) is 11.1. The second-order valence-corrected chi connectivity index (χ2v) is 8.52. The summed E-state index contributed by atoms with van der Waals surface area (Å²) in [5.74, 6) is 1.59. The van der Waals surface area contributed by atoms with E-state index < -0.39 is 0 Å². The highest BCUT2D eigenvalue weighted by Gasteiger charge is 2.41. The van der Waals surface area contributed by atoms with Gasteiger partial charge in [-0.3, -0.25) is 4.79 Å². The maximum Gasteiger partial charge on any atom is 0.227 e. The summed E-state index contributed by atoms with van der Waals surface area (Å²) in [4.78, 5) is 17.6. The van der Waals surface area contributed by atoms with Crippen LogP contribution in [0.3, 0.4) is 0 Å². The maximum absolute atomic E-state index is 12.9. The number of benzene rings is 2. The second-order valence-electron chi connectivity index (χ2n) is 7.58. The van der Waals surface area contributed by atoms with Crippen LogP contribution in [0.2, 0.25) is 0 Å². The molecular weight excluding hydrogens is 412 g/mol. The highest BCUT2D eigenvalue weighted by Crippen LogP contribution is 2.43. The van der Waals surface area contributed by atoms with Crippen LogP contribution in [0.1, 0.15) is 30.0 Å². The van der Waals surface area contributed by atoms with E-state index in [9.17, 15) is 9.90 Å². The molecule has 8 heteroatoms. The van der Waals surface area contributed by atoms with Gasteiger partial charge in [0.15, 0.2) is 11.5 Å². The molecule has 2 N–H and O–H groups in total. The van der Waals surface area contributed by atoms with E-state index in [4.69, 9.17) is 9.84 Å². The van der Waals surface area contributed by atoms with Crippen molar-refractivity contribution in [1.82, 2.24) is 14.8 Å². The standard InChI is InChI=1S/C23H22N4O3S/c1-30-19-12-15(10-11-17(19)28)21-20-16(8-5-9-18(20)29)24-22-25-23(26-27(21)22)31-13-14-6-3-2-4-7-14/h2-4,6-8,10-12,20-21,28H,5,9,13H2,1H3,(H,24,25,26)/t20-,21-/m1/s1. The first-order chi connectivity index (χ1) is 15.1. The summed E-state index contributed by atoms with van der Waals surface area (Å²) in [5, 5.41) is 18.8. The lowest BCUT2D eigenvalue weighted by Crippen LogP contribution is -2.38. The van der Waals surface area contributed by atoms with Crippen molar-refractivity contribution in [3.05, 3.63) is 71.4 Å². The van der Waals surface area contributed by atoms with E-state index in [1.807, 2.05) is 24.3 Å². The number of nitrogens with zero attached hydrogens (tertiary/aromatic N) is 3. The highest BCUT2D eigenvalue weighted by molar-refractivity contribution is 7.98. The number of aromatic nitrogens is 3. The number of phenolic OH excluding ortho intramolecular Hbond substituents is 1. The van der Waals surface area contributed by atoms with Crippen LogP contribution in [0, 0.1) is 5.92 Å². The Kier molecular flexibility index (Phi) is 5.15. The van der Waals surface area contributed by atoms with Gasteiger partial charge in [0.2, 0.25) is 11.1 Å². The number of nitrogens with one attached hydrogen (secondary N) is 1. The van der Waals surface area contributed by atoms with Crippen LogP contribution in [0.4, 0.5) is 5.95 Å². The quantitative estimate of drug-likeness (QED) is 0.583. The third-order valence-corrected chi connectivity index (χ3v) is 6.55. The molecule has 0 spiro atoms. The Bertz CT molecular complexity index is 1160. The summed E-state index contributed by atoms with van der Waals surface area (Å²) in [6.45, 7) is 0. The third-order valence-electron chi connectivity index (χ3n) is 5.64. The molecule has 31 heavy (non-hydrogen) atoms. The van der Waals surface area contributed by atoms with Gasteiger partial charge in [0, 0.05) is 17.9 Å². The van der Waals surface area contributed by atoms with Gasteiger partial charge in [-0.1, -0.05) is 54.2 Å². The van der Waals surface area contributed by atoms with Crippen LogP contribution in [-0.2, 0) is 10.5 Å². The number of hydrogen-bond acceptors (Lipinski definition) is 7. The van der Waals surface area contributed by atoms with Crippen molar-refractivity contribution < 1.29 is 14.6 Å². The number of thioether (sulfide) groups is 1. The van der Waals surface area contributed by atoms with Crippen molar-refractivity contribution in [1.29, 1.82) is 0 Å². The van der Waals surface area contributed by atoms with E-state index in [2.05, 4.69) is 28.5 Å². The first kappa shape index (κ1) is 19.7. The Morgan fingerprint density at radius 2 is 2.10 bits per heavy atom. The SMILES string of the molecule is COc1cc([C@@H]2[C@H]3C(=O)CCC=C3Nc3nc(SCc4ccccc4)nn32)ccc1O. The number of ether oxygens (including phenoxy) is 1. The smallest absolute Gasteiger partial charge is 0.227 e. The van der Waals surface area contributed by atoms with E-state index >= 15 is 0 Å². The van der Waals surface area contributed by atoms with Crippen molar-refractivity contribution in [3.8, 4) is 11.5 Å². The van der Waals surface area contributed by atoms with Gasteiger partial charge in [-0.15, -0.1) is 5.10 Å². The van der Waals surface area contributed by atoms with Gasteiger partial charge in [-0.05, 0) is 29.7 Å². The number of carbonyl (C=O) groups excluding carboxylic acids is 1. The van der Waals surface area contributed by atoms with E-state index in [1.54, 1.807) is 28.6 Å². The normalized spacial score (nSPS) is 19.8. The number of hydrogen-bond donors (Lipinski definition) is 2. The van der Waals surface area contributed by atoms with Gasteiger partial charge in [0.25, 0.3) is 0 Å². The zero-order valence-corrected chi connectivity index (χ0v) is 17.8. The van der Waals surface area contributed by atoms with Crippen LogP contribution in [0.5, 0.6) is 11.5 Å². The molecule has 1 aromatic heterocycles. The van der Waals surface area contributed by atoms with E-state index in [1.165, 1.54) is 12.7 Å². The molecule has 2 atom stereocenters. The van der Waals surface area contributed by atoms with Gasteiger partial charge >= 0.3 is 0 Å². The molecule has 2 heterocycles. The van der Waals surface area contributed by atoms with Crippen LogP contribution in [-0.4, -0.2) is 32.8 Å². The van der Waals surface area contributed by atoms with Crippen molar-refractivity contribution in [3.63, 3.8) is 0 Å². The molecular formula is C23H22N4O3S. The largest absolute Gasteiger partial charge is 0.504 e. The molecule has 2 aliphatic rings. The fourth-order valence-corrected chi connectivity index (χ4v) is 4.93. The van der Waals surface area contributed by atoms with Crippen LogP contribution < -0.4 is 10.1 Å². The predicted molar refractivity (Wildman–Crippen MR) is 118 cm³/mol. The molecule has 5 rings (SSSR count). The predicted octanol–water partition coefficient (Wildman–Crippen LogP) is 4.16. The van der Waals surface area contributed by atoms with Crippen molar-refractivity contribution >= 4 is 23.5 Å². The van der Waals surface area contributed by atoms with E-state index in [0.717, 1.165) is 17.0 Å². The van der Waals surface area contributed by atoms with Gasteiger partial charge in [0.05, 0.1) is 19.1 Å². The Hall–Kier alpha value is -3.26. The average molecular weight is 435 g/mol. The van der Waals surface area contributed by atoms with Crippen LogP contribution in [0.25, 0.3) is 0 Å². The molecule has 3 aromatic rings. The fraction of sp³-hybridized carbons (Fsp3) is 0.261. The summed E-state index contributed by atoms with van der Waals surface area (Å²) < 4.78 is 7.10. The monoisotopic (exact) mass is 434 g/mol. The molecule has 1 aliphatic heterocycles. The number of Topliss-reactive ketones (excluding diaryl/α,β-unsaturated/α-hetero) is 1. The lowest BCUT2D eigenvalue weighted by molar-refractivity contribution is -0.123. The Morgan fingerprint density at radius 3 is 2.90 bits per heavy atom. The van der Waals surface area contributed by atoms with Gasteiger partial charge < -0.3 is 15.2 Å². The van der Waals surface area contributed by atoms with Crippen molar-refractivity contribution in [2.45, 2.75) is 29.8 Å². The van der Waals surface area contributed by atoms with Crippen LogP contribution in [0.15, 0.2) is 65.5 Å². The lowest BCUT2D eigenvalue weighted by atomic mass is 9.81. The minimum atomic E-state index is -0.371. The fourth-order valence-electron chi connectivity index (χ4n) is 4.15. The summed E-state index contributed by atoms with van der Waals surface area (Å²) in [6.07, 6.45) is 3.29. The summed E-state index contributed by atoms with van der Waals surface area (Å²) in [5.41, 5.74) is 2.90. The number of carbonyl (C=O) groups is 1. The molecule has 7 nitrogen and oxygen atoms in total. The molecule has 0 radical (unpaired) electrons. The zero-order valence-electron chi connectivity index (χ0n) is 17.0. The van der Waals surface area contributed by atoms with Crippen molar-refractivity contribution in [2.75, 3.05) is 12.4 Å². The number of ketones is 1. The molecule has 0 fully saturated rings. The molecule has 2 aromatic carbocycles. The number of anilines is 1. The highest BCUT2D eigenvalue weighted by atomic mass is 32.2. The van der Waals surface area contributed by atoms with E-state index in [0.29, 0.717) is 29.7 Å². The molecule has 158 valence electrons. The molecule has 0 bridgehead atoms. The van der Waals surface area contributed by atoms with Crippen LogP contribution >= 0.6 is 11.8 Å². The third kappa shape index (κ3) is 3.67. The number of fused-ring (bicyclic) bond motifs is 2. The topological polar surface area (TPSA) is 89.3 Å². The van der Waals surface area contributed by atoms with Gasteiger partial charge in [-0.2, -0.15) is 4.98 Å². The molecule has 0 saturated heterocycles. The molecule has 1 aliphatic carbocycles. The van der Waals surface area contributed by atoms with Crippen molar-refractivity contribution in [2.24, 2.45) is 5.92 Å². The number of allylic oxidation sites excluding steroid dienone is 2. The molecule has 0 saturated carbocycles. The van der Waals surface area contributed by atoms with E-state index in [-0.39, 0.29) is 23.5 Å². The number of rotatable bonds is 5. The average Bonchev–Trinajstić information content (AvgIpc) is 3.20. The minimum absolute atomic E-state index is 0.0591. The van der Waals surface area contributed by atoms with Gasteiger partial charge in [-0.25, -0.2) is 4.68 Å². The Balaban J connectivity index is 1.54. The number of aromatic hydroxyl groups is 1. The second kappa shape index (κ2) is 8.11. The maximum atomic E-state index is 12.9. The van der Waals surface area contributed by atoms with Gasteiger partial charge in [0.1, 0.15) is 5.78 Å². The number of phenols is 1. The minimum Gasteiger partial charge on any atom is -0.504 e. The number of methoxy groups -OCH3 is 1. The Morgan fingerprint density at radius 1 is 1.26 bits per heavy atom. The summed E-state index contributed by atoms with van der Waals surface area (Å²) >= 11 is 1.56. The summed E-state index contributed by atoms with van der Waals surface area (Å²) in [6, 6.07) is 15.0.